The molecule has 1 aromatic carbocycles. The zero-order valence-corrected chi connectivity index (χ0v) is 9.42. The highest BCUT2D eigenvalue weighted by Crippen LogP contribution is 2.32. The van der Waals surface area contributed by atoms with Crippen LogP contribution in [0.5, 0.6) is 5.75 Å². The van der Waals surface area contributed by atoms with Crippen LogP contribution in [0.15, 0.2) is 18.2 Å². The number of aromatic carboxylic acids is 1. The maximum Gasteiger partial charge on any atom is 0.335 e. The third-order valence-electron chi connectivity index (χ3n) is 2.60. The van der Waals surface area contributed by atoms with Gasteiger partial charge in [-0.3, -0.25) is 9.69 Å². The van der Waals surface area contributed by atoms with Gasteiger partial charge in [0.15, 0.2) is 0 Å². The largest absolute Gasteiger partial charge is 0.491 e. The molecule has 0 atom stereocenters. The summed E-state index contributed by atoms with van der Waals surface area (Å²) in [6, 6.07) is 6.14. The van der Waals surface area contributed by atoms with Gasteiger partial charge in [0.25, 0.3) is 0 Å². The highest BCUT2D eigenvalue weighted by molar-refractivity contribution is 5.97. The van der Waals surface area contributed by atoms with E-state index in [4.69, 9.17) is 15.1 Å². The van der Waals surface area contributed by atoms with Gasteiger partial charge < -0.3 is 9.84 Å². The van der Waals surface area contributed by atoms with Gasteiger partial charge in [-0.2, -0.15) is 5.26 Å². The van der Waals surface area contributed by atoms with Crippen LogP contribution in [0, 0.1) is 11.3 Å². The predicted octanol–water partition coefficient (Wildman–Crippen LogP) is 1.02. The van der Waals surface area contributed by atoms with Crippen LogP contribution in [0.25, 0.3) is 0 Å². The molecule has 18 heavy (non-hydrogen) atoms. The summed E-state index contributed by atoms with van der Waals surface area (Å²) in [6.45, 7) is 0.0957. The summed E-state index contributed by atoms with van der Waals surface area (Å²) >= 11 is 0. The molecule has 0 saturated carbocycles. The van der Waals surface area contributed by atoms with Gasteiger partial charge >= 0.3 is 5.97 Å². The van der Waals surface area contributed by atoms with Gasteiger partial charge in [0, 0.05) is 0 Å². The number of anilines is 1. The van der Waals surface area contributed by atoms with Crippen molar-refractivity contribution in [2.75, 3.05) is 18.1 Å². The third kappa shape index (κ3) is 2.11. The Bertz CT molecular complexity index is 547. The highest BCUT2D eigenvalue weighted by Gasteiger charge is 2.23. The lowest BCUT2D eigenvalue weighted by atomic mass is 10.1. The van der Waals surface area contributed by atoms with Crippen molar-refractivity contribution in [2.24, 2.45) is 0 Å². The molecule has 1 amide bonds. The number of amides is 1. The zero-order chi connectivity index (χ0) is 13.1. The van der Waals surface area contributed by atoms with Crippen LogP contribution in [-0.2, 0) is 4.79 Å². The molecule has 1 heterocycles. The topological polar surface area (TPSA) is 90.6 Å². The van der Waals surface area contributed by atoms with E-state index in [0.29, 0.717) is 11.4 Å². The van der Waals surface area contributed by atoms with Crippen molar-refractivity contribution in [1.29, 1.82) is 5.26 Å². The van der Waals surface area contributed by atoms with E-state index in [1.54, 1.807) is 0 Å². The summed E-state index contributed by atoms with van der Waals surface area (Å²) in [7, 11) is 0. The second kappa shape index (κ2) is 4.75. The molecule has 6 nitrogen and oxygen atoms in total. The molecule has 92 valence electrons. The molecule has 0 aromatic heterocycles. The Morgan fingerprint density at radius 1 is 1.56 bits per heavy atom. The van der Waals surface area contributed by atoms with Crippen molar-refractivity contribution < 1.29 is 19.4 Å². The van der Waals surface area contributed by atoms with Crippen molar-refractivity contribution >= 4 is 17.6 Å². The first-order valence-electron chi connectivity index (χ1n) is 5.31. The van der Waals surface area contributed by atoms with Gasteiger partial charge in [-0.15, -0.1) is 0 Å². The number of benzene rings is 1. The number of fused-ring (bicyclic) bond motifs is 1. The third-order valence-corrected chi connectivity index (χ3v) is 2.60. The van der Waals surface area contributed by atoms with Gasteiger partial charge in [-0.25, -0.2) is 4.79 Å². The second-order valence-electron chi connectivity index (χ2n) is 3.72. The number of carbonyl (C=O) groups is 2. The Morgan fingerprint density at radius 2 is 2.33 bits per heavy atom. The van der Waals surface area contributed by atoms with Crippen molar-refractivity contribution in [3.63, 3.8) is 0 Å². The van der Waals surface area contributed by atoms with E-state index in [-0.39, 0.29) is 31.0 Å². The quantitative estimate of drug-likeness (QED) is 0.787. The van der Waals surface area contributed by atoms with Crippen LogP contribution in [-0.4, -0.2) is 30.1 Å². The summed E-state index contributed by atoms with van der Waals surface area (Å²) in [4.78, 5) is 23.9. The molecule has 0 saturated heterocycles. The smallest absolute Gasteiger partial charge is 0.335 e. The number of nitriles is 1. The number of hydrogen-bond acceptors (Lipinski definition) is 4. The lowest BCUT2D eigenvalue weighted by molar-refractivity contribution is -0.118. The molecule has 2 rings (SSSR count). The monoisotopic (exact) mass is 246 g/mol. The van der Waals surface area contributed by atoms with Crippen LogP contribution in [0.1, 0.15) is 16.8 Å². The van der Waals surface area contributed by atoms with Crippen molar-refractivity contribution in [3.8, 4) is 11.8 Å². The molecular weight excluding hydrogens is 236 g/mol. The van der Waals surface area contributed by atoms with Gasteiger partial charge in [0.1, 0.15) is 12.3 Å². The van der Waals surface area contributed by atoms with Gasteiger partial charge in [-0.05, 0) is 18.2 Å². The Balaban J connectivity index is 2.47. The lowest BCUT2D eigenvalue weighted by Crippen LogP contribution is -2.30. The first kappa shape index (κ1) is 11.9. The lowest BCUT2D eigenvalue weighted by Gasteiger charge is -2.18. The molecule has 1 aromatic rings. The number of carboxylic acid groups (broad SMARTS) is 1. The fourth-order valence-electron chi connectivity index (χ4n) is 1.75. The predicted molar refractivity (Wildman–Crippen MR) is 61.5 cm³/mol. The first-order valence-corrected chi connectivity index (χ1v) is 5.31. The molecule has 0 spiro atoms. The molecule has 1 aliphatic heterocycles. The Kier molecular flexibility index (Phi) is 3.15. The molecule has 1 aliphatic rings. The average molecular weight is 246 g/mol. The zero-order valence-electron chi connectivity index (χ0n) is 9.42. The first-order chi connectivity index (χ1) is 8.63. The average Bonchev–Trinajstić information content (AvgIpc) is 2.49. The van der Waals surface area contributed by atoms with Crippen LogP contribution >= 0.6 is 0 Å². The molecular formula is C12H10N2O4. The highest BCUT2D eigenvalue weighted by atomic mass is 16.5. The van der Waals surface area contributed by atoms with Gasteiger partial charge in [0.2, 0.25) is 5.91 Å². The van der Waals surface area contributed by atoms with Crippen molar-refractivity contribution in [1.82, 2.24) is 0 Å². The van der Waals surface area contributed by atoms with Crippen LogP contribution < -0.4 is 9.64 Å². The fourth-order valence-corrected chi connectivity index (χ4v) is 1.75. The Morgan fingerprint density at radius 3 is 3.00 bits per heavy atom. The minimum Gasteiger partial charge on any atom is -0.491 e. The molecule has 1 N–H and O–H groups in total. The van der Waals surface area contributed by atoms with Crippen LogP contribution in [0.4, 0.5) is 5.69 Å². The number of ether oxygens (including phenoxy) is 1. The minimum atomic E-state index is -1.07. The normalized spacial score (nSPS) is 14.2. The summed E-state index contributed by atoms with van der Waals surface area (Å²) < 4.78 is 5.35. The Hall–Kier alpha value is -2.55. The minimum absolute atomic E-state index is 0.0817. The standard InChI is InChI=1S/C12H10N2O4/c13-4-5-14-9-2-1-8(12(16)17)7-10(9)18-6-3-11(14)15/h1-2,7H,3,5-6H2,(H,16,17). The van der Waals surface area contributed by atoms with E-state index >= 15 is 0 Å². The molecule has 0 unspecified atom stereocenters. The number of rotatable bonds is 2. The van der Waals surface area contributed by atoms with Gasteiger partial charge in [0.05, 0.1) is 30.3 Å². The second-order valence-corrected chi connectivity index (χ2v) is 3.72. The summed E-state index contributed by atoms with van der Waals surface area (Å²) in [6.07, 6.45) is 0.165. The summed E-state index contributed by atoms with van der Waals surface area (Å²) in [5, 5.41) is 17.6. The fraction of sp³-hybridized carbons (Fsp3) is 0.250. The molecule has 6 heteroatoms. The Labute approximate surface area is 103 Å². The van der Waals surface area contributed by atoms with Crippen LogP contribution in [0.3, 0.4) is 0 Å². The molecule has 0 radical (unpaired) electrons. The number of nitrogens with zero attached hydrogens (tertiary/aromatic N) is 2. The number of carbonyl (C=O) groups excluding carboxylic acids is 1. The molecule has 0 bridgehead atoms. The summed E-state index contributed by atoms with van der Waals surface area (Å²) in [5.41, 5.74) is 0.518. The maximum atomic E-state index is 11.8. The maximum absolute atomic E-state index is 11.8. The van der Waals surface area contributed by atoms with Crippen molar-refractivity contribution in [2.45, 2.75) is 6.42 Å². The SMILES string of the molecule is N#CCN1C(=O)CCOc2cc(C(=O)O)ccc21. The van der Waals surface area contributed by atoms with E-state index in [2.05, 4.69) is 0 Å². The van der Waals surface area contributed by atoms with E-state index in [1.807, 2.05) is 6.07 Å². The molecule has 0 fully saturated rings. The van der Waals surface area contributed by atoms with E-state index in [9.17, 15) is 9.59 Å². The van der Waals surface area contributed by atoms with E-state index < -0.39 is 5.97 Å². The number of carboxylic acids is 1. The van der Waals surface area contributed by atoms with Crippen LogP contribution in [0.2, 0.25) is 0 Å². The summed E-state index contributed by atoms with van der Waals surface area (Å²) in [5.74, 6) is -0.960. The van der Waals surface area contributed by atoms with Crippen molar-refractivity contribution in [3.05, 3.63) is 23.8 Å². The molecule has 0 aliphatic carbocycles. The number of hydrogen-bond donors (Lipinski definition) is 1. The van der Waals surface area contributed by atoms with Gasteiger partial charge in [-0.1, -0.05) is 0 Å². The van der Waals surface area contributed by atoms with E-state index in [1.165, 1.54) is 23.1 Å². The van der Waals surface area contributed by atoms with E-state index in [0.717, 1.165) is 0 Å².